The fraction of sp³-hybridized carbons (Fsp3) is 0.588. The minimum absolute atomic E-state index is 0.0518. The van der Waals surface area contributed by atoms with E-state index in [1.165, 1.54) is 0 Å². The Hall–Kier alpha value is -1.34. The summed E-state index contributed by atoms with van der Waals surface area (Å²) in [6.45, 7) is 4.10. The lowest BCUT2D eigenvalue weighted by atomic mass is 10.1. The van der Waals surface area contributed by atoms with Gasteiger partial charge in [-0.3, -0.25) is 9.69 Å². The van der Waals surface area contributed by atoms with E-state index in [4.69, 9.17) is 25.8 Å². The third-order valence-corrected chi connectivity index (χ3v) is 4.46. The highest BCUT2D eigenvalue weighted by Crippen LogP contribution is 2.24. The SMILES string of the molecule is COCC(COC)N1CCN(C(=O)c2cc(Cl)ccc2OC)CC1. The summed E-state index contributed by atoms with van der Waals surface area (Å²) in [5.74, 6) is 0.493. The second kappa shape index (κ2) is 9.22. The Morgan fingerprint density at radius 2 is 1.75 bits per heavy atom. The van der Waals surface area contributed by atoms with E-state index in [1.807, 2.05) is 4.90 Å². The monoisotopic (exact) mass is 356 g/mol. The molecular formula is C17H25ClN2O4. The van der Waals surface area contributed by atoms with Crippen molar-refractivity contribution >= 4 is 17.5 Å². The van der Waals surface area contributed by atoms with Crippen LogP contribution in [0.15, 0.2) is 18.2 Å². The summed E-state index contributed by atoms with van der Waals surface area (Å²) in [6.07, 6.45) is 0. The second-order valence-electron chi connectivity index (χ2n) is 5.74. The third kappa shape index (κ3) is 4.60. The number of amides is 1. The molecule has 0 unspecified atom stereocenters. The number of carbonyl (C=O) groups excluding carboxylic acids is 1. The topological polar surface area (TPSA) is 51.2 Å². The molecule has 0 aromatic heterocycles. The maximum absolute atomic E-state index is 12.8. The molecule has 7 heteroatoms. The van der Waals surface area contributed by atoms with Crippen LogP contribution in [0.4, 0.5) is 0 Å². The van der Waals surface area contributed by atoms with Gasteiger partial charge in [-0.15, -0.1) is 0 Å². The predicted octanol–water partition coefficient (Wildman–Crippen LogP) is 1.77. The van der Waals surface area contributed by atoms with Crippen molar-refractivity contribution in [2.24, 2.45) is 0 Å². The number of halogens is 1. The molecule has 0 radical (unpaired) electrons. The first-order valence-corrected chi connectivity index (χ1v) is 8.33. The van der Waals surface area contributed by atoms with Crippen LogP contribution in [0.3, 0.4) is 0 Å². The zero-order chi connectivity index (χ0) is 17.5. The van der Waals surface area contributed by atoms with Gasteiger partial charge >= 0.3 is 0 Å². The van der Waals surface area contributed by atoms with E-state index < -0.39 is 0 Å². The van der Waals surface area contributed by atoms with Crippen molar-refractivity contribution in [3.63, 3.8) is 0 Å². The van der Waals surface area contributed by atoms with Crippen LogP contribution in [-0.4, -0.2) is 82.5 Å². The van der Waals surface area contributed by atoms with Crippen molar-refractivity contribution in [3.05, 3.63) is 28.8 Å². The first kappa shape index (κ1) is 19.0. The van der Waals surface area contributed by atoms with Gasteiger partial charge in [0.2, 0.25) is 0 Å². The molecule has 1 fully saturated rings. The molecule has 2 rings (SSSR count). The molecule has 1 aliphatic heterocycles. The molecule has 1 amide bonds. The Kier molecular flexibility index (Phi) is 7.30. The van der Waals surface area contributed by atoms with E-state index >= 15 is 0 Å². The molecule has 0 N–H and O–H groups in total. The molecule has 24 heavy (non-hydrogen) atoms. The number of hydrogen-bond acceptors (Lipinski definition) is 5. The maximum Gasteiger partial charge on any atom is 0.257 e. The molecule has 0 atom stereocenters. The normalized spacial score (nSPS) is 15.8. The number of hydrogen-bond donors (Lipinski definition) is 0. The Morgan fingerprint density at radius 1 is 1.12 bits per heavy atom. The highest BCUT2D eigenvalue weighted by atomic mass is 35.5. The molecule has 0 spiro atoms. The van der Waals surface area contributed by atoms with Gasteiger partial charge < -0.3 is 19.1 Å². The van der Waals surface area contributed by atoms with Crippen LogP contribution >= 0.6 is 11.6 Å². The average molecular weight is 357 g/mol. The summed E-state index contributed by atoms with van der Waals surface area (Å²) < 4.78 is 15.8. The first-order chi connectivity index (χ1) is 11.6. The van der Waals surface area contributed by atoms with Gasteiger partial charge in [0.25, 0.3) is 5.91 Å². The average Bonchev–Trinajstić information content (AvgIpc) is 2.61. The lowest BCUT2D eigenvalue weighted by Gasteiger charge is -2.39. The second-order valence-corrected chi connectivity index (χ2v) is 6.17. The van der Waals surface area contributed by atoms with Gasteiger partial charge in [-0.25, -0.2) is 0 Å². The molecule has 134 valence electrons. The van der Waals surface area contributed by atoms with Crippen molar-refractivity contribution in [1.29, 1.82) is 0 Å². The van der Waals surface area contributed by atoms with Crippen molar-refractivity contribution < 1.29 is 19.0 Å². The molecule has 1 heterocycles. The first-order valence-electron chi connectivity index (χ1n) is 7.95. The standard InChI is InChI=1S/C17H25ClN2O4/c1-22-11-14(12-23-2)19-6-8-20(9-7-19)17(21)15-10-13(18)4-5-16(15)24-3/h4-5,10,14H,6-9,11-12H2,1-3H3. The van der Waals surface area contributed by atoms with E-state index in [0.717, 1.165) is 13.1 Å². The third-order valence-electron chi connectivity index (χ3n) is 4.23. The summed E-state index contributed by atoms with van der Waals surface area (Å²) >= 11 is 6.03. The van der Waals surface area contributed by atoms with Crippen LogP contribution in [0.25, 0.3) is 0 Å². The number of rotatable bonds is 7. The Bertz CT molecular complexity index is 541. The minimum atomic E-state index is -0.0518. The largest absolute Gasteiger partial charge is 0.496 e. The van der Waals surface area contributed by atoms with E-state index in [9.17, 15) is 4.79 Å². The summed E-state index contributed by atoms with van der Waals surface area (Å²) in [6, 6.07) is 5.31. The van der Waals surface area contributed by atoms with Gasteiger partial charge in [-0.2, -0.15) is 0 Å². The van der Waals surface area contributed by atoms with Gasteiger partial charge in [-0.05, 0) is 18.2 Å². The number of methoxy groups -OCH3 is 3. The highest BCUT2D eigenvalue weighted by Gasteiger charge is 2.28. The number of ether oxygens (including phenoxy) is 3. The van der Waals surface area contributed by atoms with E-state index in [1.54, 1.807) is 39.5 Å². The predicted molar refractivity (Wildman–Crippen MR) is 93.0 cm³/mol. The molecule has 0 bridgehead atoms. The highest BCUT2D eigenvalue weighted by molar-refractivity contribution is 6.31. The van der Waals surface area contributed by atoms with Gasteiger partial charge in [-0.1, -0.05) is 11.6 Å². The smallest absolute Gasteiger partial charge is 0.257 e. The number of piperazine rings is 1. The fourth-order valence-electron chi connectivity index (χ4n) is 2.95. The number of carbonyl (C=O) groups is 1. The fourth-order valence-corrected chi connectivity index (χ4v) is 3.12. The minimum Gasteiger partial charge on any atom is -0.496 e. The van der Waals surface area contributed by atoms with Crippen LogP contribution in [0.5, 0.6) is 5.75 Å². The van der Waals surface area contributed by atoms with Crippen molar-refractivity contribution in [2.45, 2.75) is 6.04 Å². The molecular weight excluding hydrogens is 332 g/mol. The lowest BCUT2D eigenvalue weighted by molar-refractivity contribution is 0.0112. The lowest BCUT2D eigenvalue weighted by Crippen LogP contribution is -2.54. The molecule has 0 aliphatic carbocycles. The molecule has 1 aromatic carbocycles. The number of benzene rings is 1. The molecule has 0 saturated carbocycles. The van der Waals surface area contributed by atoms with Crippen molar-refractivity contribution in [1.82, 2.24) is 9.80 Å². The Morgan fingerprint density at radius 3 is 2.29 bits per heavy atom. The van der Waals surface area contributed by atoms with Crippen molar-refractivity contribution in [3.8, 4) is 5.75 Å². The van der Waals surface area contributed by atoms with Crippen LogP contribution < -0.4 is 4.74 Å². The number of nitrogens with zero attached hydrogens (tertiary/aromatic N) is 2. The molecule has 1 aromatic rings. The van der Waals surface area contributed by atoms with Gasteiger partial charge in [0.1, 0.15) is 5.75 Å². The van der Waals surface area contributed by atoms with Crippen LogP contribution in [0.2, 0.25) is 5.02 Å². The van der Waals surface area contributed by atoms with Crippen molar-refractivity contribution in [2.75, 3.05) is 60.7 Å². The maximum atomic E-state index is 12.8. The molecule has 1 saturated heterocycles. The van der Waals surface area contributed by atoms with E-state index in [2.05, 4.69) is 4.90 Å². The van der Waals surface area contributed by atoms with E-state index in [-0.39, 0.29) is 11.9 Å². The summed E-state index contributed by atoms with van der Waals surface area (Å²) in [4.78, 5) is 16.9. The zero-order valence-electron chi connectivity index (χ0n) is 14.5. The Balaban J connectivity index is 2.01. The zero-order valence-corrected chi connectivity index (χ0v) is 15.2. The quantitative estimate of drug-likeness (QED) is 0.745. The van der Waals surface area contributed by atoms with E-state index in [0.29, 0.717) is 42.6 Å². The van der Waals surface area contributed by atoms with Gasteiger partial charge in [0.05, 0.1) is 31.9 Å². The van der Waals surface area contributed by atoms with Gasteiger partial charge in [0, 0.05) is 45.4 Å². The van der Waals surface area contributed by atoms with Crippen LogP contribution in [0, 0.1) is 0 Å². The van der Waals surface area contributed by atoms with Crippen LogP contribution in [-0.2, 0) is 9.47 Å². The summed E-state index contributed by atoms with van der Waals surface area (Å²) in [7, 11) is 4.93. The molecule has 1 aliphatic rings. The summed E-state index contributed by atoms with van der Waals surface area (Å²) in [5.41, 5.74) is 0.504. The molecule has 6 nitrogen and oxygen atoms in total. The Labute approximate surface area is 148 Å². The van der Waals surface area contributed by atoms with Crippen LogP contribution in [0.1, 0.15) is 10.4 Å². The van der Waals surface area contributed by atoms with Gasteiger partial charge in [0.15, 0.2) is 0 Å². The summed E-state index contributed by atoms with van der Waals surface area (Å²) in [5, 5.41) is 0.526.